The molecule has 0 saturated heterocycles. The SMILES string of the molecule is CCC(CC)C(NC)c1cc(OC)c(OC)cc1C. The number of rotatable bonds is 7. The van der Waals surface area contributed by atoms with E-state index in [1.807, 2.05) is 7.05 Å². The molecular formula is C16H27NO2. The van der Waals surface area contributed by atoms with Crippen molar-refractivity contribution in [1.82, 2.24) is 5.32 Å². The van der Waals surface area contributed by atoms with Gasteiger partial charge in [-0.2, -0.15) is 0 Å². The van der Waals surface area contributed by atoms with Gasteiger partial charge >= 0.3 is 0 Å². The third-order valence-electron chi connectivity index (χ3n) is 3.94. The van der Waals surface area contributed by atoms with Gasteiger partial charge in [0.25, 0.3) is 0 Å². The van der Waals surface area contributed by atoms with Crippen LogP contribution in [0, 0.1) is 12.8 Å². The average Bonchev–Trinajstić information content (AvgIpc) is 2.44. The molecule has 0 spiro atoms. The molecule has 0 amide bonds. The summed E-state index contributed by atoms with van der Waals surface area (Å²) in [5.41, 5.74) is 2.54. The molecule has 19 heavy (non-hydrogen) atoms. The fraction of sp³-hybridized carbons (Fsp3) is 0.625. The van der Waals surface area contributed by atoms with Gasteiger partial charge in [-0.3, -0.25) is 0 Å². The fourth-order valence-electron chi connectivity index (χ4n) is 2.74. The zero-order valence-electron chi connectivity index (χ0n) is 13.0. The van der Waals surface area contributed by atoms with Gasteiger partial charge in [0.1, 0.15) is 0 Å². The summed E-state index contributed by atoms with van der Waals surface area (Å²) in [5.74, 6) is 2.22. The van der Waals surface area contributed by atoms with Crippen molar-refractivity contribution in [2.75, 3.05) is 21.3 Å². The van der Waals surface area contributed by atoms with Gasteiger partial charge in [0.05, 0.1) is 14.2 Å². The molecule has 0 bridgehead atoms. The summed E-state index contributed by atoms with van der Waals surface area (Å²) >= 11 is 0. The van der Waals surface area contributed by atoms with Gasteiger partial charge in [-0.1, -0.05) is 26.7 Å². The summed E-state index contributed by atoms with van der Waals surface area (Å²) in [6.45, 7) is 6.62. The zero-order chi connectivity index (χ0) is 14.4. The van der Waals surface area contributed by atoms with E-state index < -0.39 is 0 Å². The van der Waals surface area contributed by atoms with E-state index in [-0.39, 0.29) is 0 Å². The molecule has 0 aliphatic carbocycles. The van der Waals surface area contributed by atoms with Crippen molar-refractivity contribution in [2.45, 2.75) is 39.7 Å². The van der Waals surface area contributed by atoms with Crippen LogP contribution in [0.25, 0.3) is 0 Å². The van der Waals surface area contributed by atoms with E-state index in [0.29, 0.717) is 12.0 Å². The Balaban J connectivity index is 3.23. The highest BCUT2D eigenvalue weighted by atomic mass is 16.5. The lowest BCUT2D eigenvalue weighted by atomic mass is 9.86. The van der Waals surface area contributed by atoms with Crippen LogP contribution in [0.1, 0.15) is 43.9 Å². The Morgan fingerprint density at radius 3 is 2.00 bits per heavy atom. The Morgan fingerprint density at radius 2 is 1.58 bits per heavy atom. The van der Waals surface area contributed by atoms with E-state index in [2.05, 4.69) is 38.2 Å². The zero-order valence-corrected chi connectivity index (χ0v) is 13.0. The molecule has 0 fully saturated rings. The first kappa shape index (κ1) is 15.8. The summed E-state index contributed by atoms with van der Waals surface area (Å²) in [6, 6.07) is 4.52. The van der Waals surface area contributed by atoms with Crippen LogP contribution >= 0.6 is 0 Å². The van der Waals surface area contributed by atoms with Gasteiger partial charge < -0.3 is 14.8 Å². The molecule has 108 valence electrons. The molecule has 3 nitrogen and oxygen atoms in total. The number of ether oxygens (including phenoxy) is 2. The van der Waals surface area contributed by atoms with E-state index in [1.54, 1.807) is 14.2 Å². The molecule has 3 heteroatoms. The molecule has 0 aliphatic heterocycles. The lowest BCUT2D eigenvalue weighted by Gasteiger charge is -2.27. The maximum atomic E-state index is 5.42. The van der Waals surface area contributed by atoms with Crippen molar-refractivity contribution in [2.24, 2.45) is 5.92 Å². The lowest BCUT2D eigenvalue weighted by Crippen LogP contribution is -2.25. The van der Waals surface area contributed by atoms with Crippen LogP contribution in [0.3, 0.4) is 0 Å². The number of benzene rings is 1. The van der Waals surface area contributed by atoms with E-state index in [0.717, 1.165) is 24.3 Å². The molecule has 1 rings (SSSR count). The predicted octanol–water partition coefficient (Wildman–Crippen LogP) is 3.71. The normalized spacial score (nSPS) is 12.6. The first-order chi connectivity index (χ1) is 9.12. The molecule has 0 saturated carbocycles. The third-order valence-corrected chi connectivity index (χ3v) is 3.94. The summed E-state index contributed by atoms with van der Waals surface area (Å²) in [6.07, 6.45) is 2.32. The van der Waals surface area contributed by atoms with Crippen LogP contribution in [-0.4, -0.2) is 21.3 Å². The fourth-order valence-corrected chi connectivity index (χ4v) is 2.74. The highest BCUT2D eigenvalue weighted by Crippen LogP contribution is 2.36. The maximum Gasteiger partial charge on any atom is 0.161 e. The van der Waals surface area contributed by atoms with E-state index in [9.17, 15) is 0 Å². The number of methoxy groups -OCH3 is 2. The highest BCUT2D eigenvalue weighted by molar-refractivity contribution is 5.48. The largest absolute Gasteiger partial charge is 0.493 e. The van der Waals surface area contributed by atoms with E-state index in [4.69, 9.17) is 9.47 Å². The maximum absolute atomic E-state index is 5.42. The second kappa shape index (κ2) is 7.39. The van der Waals surface area contributed by atoms with Gasteiger partial charge in [-0.05, 0) is 43.1 Å². The Kier molecular flexibility index (Phi) is 6.16. The highest BCUT2D eigenvalue weighted by Gasteiger charge is 2.22. The predicted molar refractivity (Wildman–Crippen MR) is 80.2 cm³/mol. The molecule has 1 atom stereocenters. The van der Waals surface area contributed by atoms with Crippen LogP contribution in [0.15, 0.2) is 12.1 Å². The van der Waals surface area contributed by atoms with Crippen LogP contribution in [-0.2, 0) is 0 Å². The molecule has 1 aromatic rings. The molecule has 0 heterocycles. The standard InChI is InChI=1S/C16H27NO2/c1-7-12(8-2)16(17-4)13-10-15(19-6)14(18-5)9-11(13)3/h9-10,12,16-17H,7-8H2,1-6H3. The van der Waals surface area contributed by atoms with Gasteiger partial charge in [0.15, 0.2) is 11.5 Å². The van der Waals surface area contributed by atoms with Crippen molar-refractivity contribution >= 4 is 0 Å². The third kappa shape index (κ3) is 3.41. The smallest absolute Gasteiger partial charge is 0.161 e. The molecule has 1 unspecified atom stereocenters. The minimum absolute atomic E-state index is 0.356. The van der Waals surface area contributed by atoms with Gasteiger partial charge in [-0.25, -0.2) is 0 Å². The Hall–Kier alpha value is -1.22. The molecule has 0 radical (unpaired) electrons. The van der Waals surface area contributed by atoms with Crippen molar-refractivity contribution in [3.8, 4) is 11.5 Å². The Labute approximate surface area is 117 Å². The van der Waals surface area contributed by atoms with Crippen molar-refractivity contribution in [3.05, 3.63) is 23.3 Å². The number of nitrogens with one attached hydrogen (secondary N) is 1. The van der Waals surface area contributed by atoms with E-state index in [1.165, 1.54) is 11.1 Å². The van der Waals surface area contributed by atoms with Gasteiger partial charge in [0.2, 0.25) is 0 Å². The van der Waals surface area contributed by atoms with Crippen molar-refractivity contribution in [1.29, 1.82) is 0 Å². The van der Waals surface area contributed by atoms with Gasteiger partial charge in [-0.15, -0.1) is 0 Å². The molecular weight excluding hydrogens is 238 g/mol. The topological polar surface area (TPSA) is 30.5 Å². The lowest BCUT2D eigenvalue weighted by molar-refractivity contribution is 0.343. The first-order valence-corrected chi connectivity index (χ1v) is 7.02. The van der Waals surface area contributed by atoms with Crippen LogP contribution in [0.2, 0.25) is 0 Å². The Morgan fingerprint density at radius 1 is 1.05 bits per heavy atom. The molecule has 1 aromatic carbocycles. The van der Waals surface area contributed by atoms with Crippen LogP contribution < -0.4 is 14.8 Å². The summed E-state index contributed by atoms with van der Waals surface area (Å²) < 4.78 is 10.8. The monoisotopic (exact) mass is 265 g/mol. The van der Waals surface area contributed by atoms with Crippen LogP contribution in [0.4, 0.5) is 0 Å². The summed E-state index contributed by atoms with van der Waals surface area (Å²) in [4.78, 5) is 0. The van der Waals surface area contributed by atoms with Crippen molar-refractivity contribution < 1.29 is 9.47 Å². The minimum atomic E-state index is 0.356. The summed E-state index contributed by atoms with van der Waals surface area (Å²) in [7, 11) is 5.38. The Bertz CT molecular complexity index is 400. The number of aryl methyl sites for hydroxylation is 1. The van der Waals surface area contributed by atoms with Crippen LogP contribution in [0.5, 0.6) is 11.5 Å². The molecule has 0 aromatic heterocycles. The minimum Gasteiger partial charge on any atom is -0.493 e. The average molecular weight is 265 g/mol. The second-order valence-corrected chi connectivity index (χ2v) is 4.91. The number of hydrogen-bond acceptors (Lipinski definition) is 3. The number of hydrogen-bond donors (Lipinski definition) is 1. The quantitative estimate of drug-likeness (QED) is 0.815. The molecule has 0 aliphatic rings. The van der Waals surface area contributed by atoms with Gasteiger partial charge in [0, 0.05) is 6.04 Å². The van der Waals surface area contributed by atoms with Crippen molar-refractivity contribution in [3.63, 3.8) is 0 Å². The summed E-state index contributed by atoms with van der Waals surface area (Å²) in [5, 5.41) is 3.45. The van der Waals surface area contributed by atoms with E-state index >= 15 is 0 Å². The molecule has 1 N–H and O–H groups in total. The second-order valence-electron chi connectivity index (χ2n) is 4.91. The first-order valence-electron chi connectivity index (χ1n) is 7.02.